The summed E-state index contributed by atoms with van der Waals surface area (Å²) in [6.07, 6.45) is 4.87. The lowest BCUT2D eigenvalue weighted by atomic mass is 10.4. The maximum absolute atomic E-state index is 11.2. The van der Waals surface area contributed by atoms with E-state index in [0.717, 1.165) is 5.69 Å². The molecule has 6 nitrogen and oxygen atoms in total. The van der Waals surface area contributed by atoms with E-state index in [1.54, 1.807) is 4.68 Å². The maximum Gasteiger partial charge on any atom is 0.290 e. The van der Waals surface area contributed by atoms with E-state index in [-0.39, 0.29) is 5.56 Å². The quantitative estimate of drug-likeness (QED) is 0.746. The van der Waals surface area contributed by atoms with Gasteiger partial charge in [0.05, 0.1) is 12.2 Å². The molecule has 78 valence electrons. The minimum atomic E-state index is -0.228. The summed E-state index contributed by atoms with van der Waals surface area (Å²) in [6.45, 7) is 0.487. The Kier molecular flexibility index (Phi) is 2.49. The molecule has 0 saturated heterocycles. The van der Waals surface area contributed by atoms with E-state index in [9.17, 15) is 4.79 Å². The SMILES string of the molecule is Cn1ccc(CNc2ncc[nH]c2=O)n1. The Morgan fingerprint density at radius 3 is 3.13 bits per heavy atom. The van der Waals surface area contributed by atoms with Gasteiger partial charge in [0.15, 0.2) is 5.82 Å². The van der Waals surface area contributed by atoms with Crippen molar-refractivity contribution in [3.63, 3.8) is 0 Å². The molecule has 0 aromatic carbocycles. The lowest BCUT2D eigenvalue weighted by Crippen LogP contribution is -2.15. The van der Waals surface area contributed by atoms with Gasteiger partial charge in [-0.15, -0.1) is 0 Å². The van der Waals surface area contributed by atoms with Crippen molar-refractivity contribution >= 4 is 5.82 Å². The Balaban J connectivity index is 2.05. The van der Waals surface area contributed by atoms with Gasteiger partial charge in [-0.25, -0.2) is 4.98 Å². The van der Waals surface area contributed by atoms with Gasteiger partial charge in [0.2, 0.25) is 0 Å². The molecule has 0 aliphatic rings. The van der Waals surface area contributed by atoms with Gasteiger partial charge in [-0.3, -0.25) is 9.48 Å². The summed E-state index contributed by atoms with van der Waals surface area (Å²) in [7, 11) is 1.84. The van der Waals surface area contributed by atoms with Gasteiger partial charge in [-0.05, 0) is 6.07 Å². The Labute approximate surface area is 86.0 Å². The number of nitrogens with zero attached hydrogens (tertiary/aromatic N) is 3. The summed E-state index contributed by atoms with van der Waals surface area (Å²) >= 11 is 0. The number of nitrogens with one attached hydrogen (secondary N) is 2. The largest absolute Gasteiger partial charge is 0.360 e. The molecule has 6 heteroatoms. The first-order chi connectivity index (χ1) is 7.25. The standard InChI is InChI=1S/C9H11N5O/c1-14-5-2-7(13-14)6-12-8-9(15)11-4-3-10-8/h2-5H,6H2,1H3,(H,10,12)(H,11,15). The number of hydrogen-bond acceptors (Lipinski definition) is 4. The van der Waals surface area contributed by atoms with E-state index in [1.165, 1.54) is 12.4 Å². The Bertz CT molecular complexity index is 501. The van der Waals surface area contributed by atoms with Crippen LogP contribution in [-0.2, 0) is 13.6 Å². The van der Waals surface area contributed by atoms with Crippen molar-refractivity contribution in [3.8, 4) is 0 Å². The molecule has 0 aliphatic carbocycles. The van der Waals surface area contributed by atoms with Crippen LogP contribution in [0.5, 0.6) is 0 Å². The van der Waals surface area contributed by atoms with Crippen molar-refractivity contribution in [2.45, 2.75) is 6.54 Å². The van der Waals surface area contributed by atoms with Gasteiger partial charge in [-0.1, -0.05) is 0 Å². The van der Waals surface area contributed by atoms with Gasteiger partial charge in [-0.2, -0.15) is 5.10 Å². The fourth-order valence-electron chi connectivity index (χ4n) is 1.21. The highest BCUT2D eigenvalue weighted by Crippen LogP contribution is 1.97. The first-order valence-electron chi connectivity index (χ1n) is 4.52. The monoisotopic (exact) mass is 205 g/mol. The molecule has 0 aliphatic heterocycles. The zero-order chi connectivity index (χ0) is 10.7. The number of aryl methyl sites for hydroxylation is 1. The zero-order valence-electron chi connectivity index (χ0n) is 8.27. The molecule has 0 unspecified atom stereocenters. The zero-order valence-corrected chi connectivity index (χ0v) is 8.27. The molecule has 2 aromatic heterocycles. The first kappa shape index (κ1) is 9.45. The summed E-state index contributed by atoms with van der Waals surface area (Å²) in [4.78, 5) is 17.7. The van der Waals surface area contributed by atoms with E-state index in [1.807, 2.05) is 19.3 Å². The van der Waals surface area contributed by atoms with Crippen LogP contribution in [0.3, 0.4) is 0 Å². The van der Waals surface area contributed by atoms with Crippen LogP contribution in [0.25, 0.3) is 0 Å². The van der Waals surface area contributed by atoms with Crippen molar-refractivity contribution in [1.82, 2.24) is 19.7 Å². The number of aromatic nitrogens is 4. The van der Waals surface area contributed by atoms with Crippen molar-refractivity contribution in [1.29, 1.82) is 0 Å². The van der Waals surface area contributed by atoms with E-state index in [2.05, 4.69) is 20.4 Å². The molecular formula is C9H11N5O. The minimum Gasteiger partial charge on any atom is -0.360 e. The molecule has 0 radical (unpaired) electrons. The Morgan fingerprint density at radius 2 is 2.47 bits per heavy atom. The molecular weight excluding hydrogens is 194 g/mol. The van der Waals surface area contributed by atoms with Crippen LogP contribution in [0.1, 0.15) is 5.69 Å². The van der Waals surface area contributed by atoms with Crippen molar-refractivity contribution in [3.05, 3.63) is 40.7 Å². The van der Waals surface area contributed by atoms with Gasteiger partial charge in [0.1, 0.15) is 0 Å². The van der Waals surface area contributed by atoms with Gasteiger partial charge in [0.25, 0.3) is 5.56 Å². The third-order valence-corrected chi connectivity index (χ3v) is 1.91. The van der Waals surface area contributed by atoms with Gasteiger partial charge >= 0.3 is 0 Å². The third kappa shape index (κ3) is 2.22. The van der Waals surface area contributed by atoms with Crippen LogP contribution in [0.15, 0.2) is 29.5 Å². The lowest BCUT2D eigenvalue weighted by Gasteiger charge is -2.00. The van der Waals surface area contributed by atoms with E-state index < -0.39 is 0 Å². The number of hydrogen-bond donors (Lipinski definition) is 2. The summed E-state index contributed by atoms with van der Waals surface area (Å²) in [5.74, 6) is 0.308. The molecule has 0 amide bonds. The number of anilines is 1. The number of aromatic amines is 1. The predicted octanol–water partition coefficient (Wildman–Crippen LogP) is 0.115. The van der Waals surface area contributed by atoms with Gasteiger partial charge in [0, 0.05) is 25.6 Å². The smallest absolute Gasteiger partial charge is 0.290 e. The van der Waals surface area contributed by atoms with Crippen LogP contribution >= 0.6 is 0 Å². The van der Waals surface area contributed by atoms with Crippen molar-refractivity contribution in [2.75, 3.05) is 5.32 Å². The fourth-order valence-corrected chi connectivity index (χ4v) is 1.21. The van der Waals surface area contributed by atoms with Crippen LogP contribution in [0, 0.1) is 0 Å². The lowest BCUT2D eigenvalue weighted by molar-refractivity contribution is 0.746. The summed E-state index contributed by atoms with van der Waals surface area (Å²) < 4.78 is 1.71. The van der Waals surface area contributed by atoms with Crippen molar-refractivity contribution < 1.29 is 0 Å². The van der Waals surface area contributed by atoms with Crippen LogP contribution in [-0.4, -0.2) is 19.7 Å². The first-order valence-corrected chi connectivity index (χ1v) is 4.52. The topological polar surface area (TPSA) is 75.6 Å². The fraction of sp³-hybridized carbons (Fsp3) is 0.222. The highest BCUT2D eigenvalue weighted by molar-refractivity contribution is 5.30. The molecule has 0 bridgehead atoms. The van der Waals surface area contributed by atoms with E-state index in [4.69, 9.17) is 0 Å². The second kappa shape index (κ2) is 3.95. The highest BCUT2D eigenvalue weighted by atomic mass is 16.1. The molecule has 2 rings (SSSR count). The number of rotatable bonds is 3. The molecule has 0 fully saturated rings. The van der Waals surface area contributed by atoms with Crippen LogP contribution < -0.4 is 10.9 Å². The van der Waals surface area contributed by atoms with Gasteiger partial charge < -0.3 is 10.3 Å². The Hall–Kier alpha value is -2.11. The second-order valence-electron chi connectivity index (χ2n) is 3.10. The number of H-pyrrole nitrogens is 1. The molecule has 2 heterocycles. The predicted molar refractivity (Wildman–Crippen MR) is 55.4 cm³/mol. The molecule has 15 heavy (non-hydrogen) atoms. The molecule has 0 spiro atoms. The van der Waals surface area contributed by atoms with E-state index >= 15 is 0 Å². The molecule has 0 atom stereocenters. The molecule has 2 aromatic rings. The Morgan fingerprint density at radius 1 is 1.60 bits per heavy atom. The normalized spacial score (nSPS) is 10.2. The summed E-state index contributed by atoms with van der Waals surface area (Å²) in [5.41, 5.74) is 0.635. The highest BCUT2D eigenvalue weighted by Gasteiger charge is 2.00. The minimum absolute atomic E-state index is 0.228. The van der Waals surface area contributed by atoms with Crippen LogP contribution in [0.4, 0.5) is 5.82 Å². The average Bonchev–Trinajstić information content (AvgIpc) is 2.63. The molecule has 2 N–H and O–H groups in total. The second-order valence-corrected chi connectivity index (χ2v) is 3.10. The molecule has 0 saturated carbocycles. The third-order valence-electron chi connectivity index (χ3n) is 1.91. The average molecular weight is 205 g/mol. The van der Waals surface area contributed by atoms with Crippen molar-refractivity contribution in [2.24, 2.45) is 7.05 Å². The van der Waals surface area contributed by atoms with E-state index in [0.29, 0.717) is 12.4 Å². The summed E-state index contributed by atoms with van der Waals surface area (Å²) in [6, 6.07) is 1.88. The maximum atomic E-state index is 11.2. The summed E-state index contributed by atoms with van der Waals surface area (Å²) in [5, 5.41) is 7.08. The van der Waals surface area contributed by atoms with Crippen LogP contribution in [0.2, 0.25) is 0 Å².